The van der Waals surface area contributed by atoms with E-state index in [1.54, 1.807) is 17.0 Å². The average Bonchev–Trinajstić information content (AvgIpc) is 2.67. The van der Waals surface area contributed by atoms with Crippen molar-refractivity contribution in [3.63, 3.8) is 0 Å². The van der Waals surface area contributed by atoms with Crippen LogP contribution in [0.1, 0.15) is 26.2 Å². The van der Waals surface area contributed by atoms with E-state index in [2.05, 4.69) is 15.2 Å². The van der Waals surface area contributed by atoms with Crippen molar-refractivity contribution in [2.75, 3.05) is 25.0 Å². The van der Waals surface area contributed by atoms with Crippen molar-refractivity contribution in [3.8, 4) is 0 Å². The lowest BCUT2D eigenvalue weighted by atomic mass is 10.1. The number of nitrogens with one attached hydrogen (secondary N) is 1. The lowest BCUT2D eigenvalue weighted by molar-refractivity contribution is 0.556. The van der Waals surface area contributed by atoms with Gasteiger partial charge in [0.2, 0.25) is 0 Å². The minimum atomic E-state index is 0.0136. The summed E-state index contributed by atoms with van der Waals surface area (Å²) in [6.07, 6.45) is 6.80. The molecule has 5 nitrogen and oxygen atoms in total. The minimum absolute atomic E-state index is 0.0136. The molecule has 100 valence electrons. The largest absolute Gasteiger partial charge is 0.352 e. The van der Waals surface area contributed by atoms with Crippen LogP contribution in [0.5, 0.6) is 0 Å². The molecule has 18 heavy (non-hydrogen) atoms. The summed E-state index contributed by atoms with van der Waals surface area (Å²) in [6, 6.07) is 0.410. The van der Waals surface area contributed by atoms with Crippen molar-refractivity contribution in [1.82, 2.24) is 14.9 Å². The van der Waals surface area contributed by atoms with E-state index >= 15 is 0 Å². The fourth-order valence-corrected chi connectivity index (χ4v) is 2.49. The second kappa shape index (κ2) is 6.00. The summed E-state index contributed by atoms with van der Waals surface area (Å²) < 4.78 is 1.70. The van der Waals surface area contributed by atoms with E-state index in [0.717, 1.165) is 32.4 Å². The SMILES string of the molecule is CCn1ccnc(N(C)C2CCCNCC2)c1=O. The molecule has 0 spiro atoms. The molecule has 0 saturated carbocycles. The predicted octanol–water partition coefficient (Wildman–Crippen LogP) is 0.841. The Hall–Kier alpha value is -1.36. The molecule has 0 radical (unpaired) electrons. The zero-order valence-corrected chi connectivity index (χ0v) is 11.2. The maximum absolute atomic E-state index is 12.2. The predicted molar refractivity (Wildman–Crippen MR) is 73.1 cm³/mol. The van der Waals surface area contributed by atoms with Gasteiger partial charge in [-0.05, 0) is 39.3 Å². The highest BCUT2D eigenvalue weighted by Crippen LogP contribution is 2.15. The Morgan fingerprint density at radius 3 is 3.11 bits per heavy atom. The quantitative estimate of drug-likeness (QED) is 0.864. The second-order valence-corrected chi connectivity index (χ2v) is 4.79. The van der Waals surface area contributed by atoms with Crippen molar-refractivity contribution < 1.29 is 0 Å². The van der Waals surface area contributed by atoms with E-state index in [0.29, 0.717) is 18.4 Å². The monoisotopic (exact) mass is 250 g/mol. The van der Waals surface area contributed by atoms with Crippen molar-refractivity contribution in [2.45, 2.75) is 38.8 Å². The van der Waals surface area contributed by atoms with Gasteiger partial charge in [0.15, 0.2) is 5.82 Å². The van der Waals surface area contributed by atoms with Crippen LogP contribution in [0.4, 0.5) is 5.82 Å². The summed E-state index contributed by atoms with van der Waals surface area (Å²) in [6.45, 7) is 4.75. The van der Waals surface area contributed by atoms with Gasteiger partial charge in [0.25, 0.3) is 5.56 Å². The van der Waals surface area contributed by atoms with Gasteiger partial charge in [0.1, 0.15) is 0 Å². The van der Waals surface area contributed by atoms with Crippen molar-refractivity contribution >= 4 is 5.82 Å². The zero-order valence-electron chi connectivity index (χ0n) is 11.2. The molecule has 5 heteroatoms. The Labute approximate surface area is 108 Å². The van der Waals surface area contributed by atoms with Gasteiger partial charge in [-0.3, -0.25) is 4.79 Å². The van der Waals surface area contributed by atoms with Crippen LogP contribution in [-0.2, 0) is 6.54 Å². The van der Waals surface area contributed by atoms with Crippen molar-refractivity contribution in [2.24, 2.45) is 0 Å². The lowest BCUT2D eigenvalue weighted by Gasteiger charge is -2.27. The number of anilines is 1. The summed E-state index contributed by atoms with van der Waals surface area (Å²) >= 11 is 0. The summed E-state index contributed by atoms with van der Waals surface area (Å²) in [5.74, 6) is 0.575. The molecule has 1 atom stereocenters. The summed E-state index contributed by atoms with van der Waals surface area (Å²) in [5.41, 5.74) is 0.0136. The lowest BCUT2D eigenvalue weighted by Crippen LogP contribution is -2.38. The van der Waals surface area contributed by atoms with E-state index in [9.17, 15) is 4.79 Å². The topological polar surface area (TPSA) is 50.2 Å². The van der Waals surface area contributed by atoms with Gasteiger partial charge in [-0.2, -0.15) is 0 Å². The molecule has 0 bridgehead atoms. The molecular weight excluding hydrogens is 228 g/mol. The molecule has 1 aliphatic heterocycles. The Morgan fingerprint density at radius 1 is 1.50 bits per heavy atom. The number of aromatic nitrogens is 2. The molecule has 2 heterocycles. The van der Waals surface area contributed by atoms with Gasteiger partial charge in [-0.1, -0.05) is 0 Å². The first-order valence-electron chi connectivity index (χ1n) is 6.73. The van der Waals surface area contributed by atoms with Crippen LogP contribution in [0, 0.1) is 0 Å². The molecule has 0 aromatic carbocycles. The van der Waals surface area contributed by atoms with Crippen molar-refractivity contribution in [3.05, 3.63) is 22.7 Å². The maximum Gasteiger partial charge on any atom is 0.293 e. The van der Waals surface area contributed by atoms with Gasteiger partial charge in [-0.25, -0.2) is 4.98 Å². The normalized spacial score (nSPS) is 20.4. The smallest absolute Gasteiger partial charge is 0.293 e. The van der Waals surface area contributed by atoms with Crippen molar-refractivity contribution in [1.29, 1.82) is 0 Å². The molecule has 1 aromatic heterocycles. The fourth-order valence-electron chi connectivity index (χ4n) is 2.49. The summed E-state index contributed by atoms with van der Waals surface area (Å²) in [5, 5.41) is 3.39. The van der Waals surface area contributed by atoms with Gasteiger partial charge < -0.3 is 14.8 Å². The molecule has 1 unspecified atom stereocenters. The molecule has 1 fully saturated rings. The molecule has 2 rings (SSSR count). The number of hydrogen-bond acceptors (Lipinski definition) is 4. The van der Waals surface area contributed by atoms with E-state index in [-0.39, 0.29) is 5.56 Å². The van der Waals surface area contributed by atoms with Crippen LogP contribution in [0.25, 0.3) is 0 Å². The molecule has 1 aliphatic rings. The Kier molecular flexibility index (Phi) is 4.36. The third kappa shape index (κ3) is 2.72. The number of rotatable bonds is 3. The van der Waals surface area contributed by atoms with Crippen LogP contribution in [0.15, 0.2) is 17.2 Å². The van der Waals surface area contributed by atoms with Gasteiger partial charge in [0, 0.05) is 32.0 Å². The van der Waals surface area contributed by atoms with Crippen LogP contribution < -0.4 is 15.8 Å². The van der Waals surface area contributed by atoms with E-state index in [4.69, 9.17) is 0 Å². The number of nitrogens with zero attached hydrogens (tertiary/aromatic N) is 3. The van der Waals surface area contributed by atoms with E-state index in [1.165, 1.54) is 0 Å². The molecule has 1 aromatic rings. The van der Waals surface area contributed by atoms with Crippen LogP contribution in [0.3, 0.4) is 0 Å². The Balaban J connectivity index is 2.22. The highest BCUT2D eigenvalue weighted by Gasteiger charge is 2.20. The second-order valence-electron chi connectivity index (χ2n) is 4.79. The van der Waals surface area contributed by atoms with Crippen LogP contribution in [-0.4, -0.2) is 35.7 Å². The van der Waals surface area contributed by atoms with Gasteiger partial charge in [-0.15, -0.1) is 0 Å². The first kappa shape index (κ1) is 13.1. The Morgan fingerprint density at radius 2 is 2.33 bits per heavy atom. The number of aryl methyl sites for hydroxylation is 1. The highest BCUT2D eigenvalue weighted by atomic mass is 16.1. The first-order chi connectivity index (χ1) is 8.74. The van der Waals surface area contributed by atoms with Gasteiger partial charge >= 0.3 is 0 Å². The molecule has 1 N–H and O–H groups in total. The fraction of sp³-hybridized carbons (Fsp3) is 0.692. The zero-order chi connectivity index (χ0) is 13.0. The number of hydrogen-bond donors (Lipinski definition) is 1. The standard InChI is InChI=1S/C13H22N4O/c1-3-17-10-9-15-12(13(17)18)16(2)11-5-4-7-14-8-6-11/h9-11,14H,3-8H2,1-2H3. The van der Waals surface area contributed by atoms with E-state index < -0.39 is 0 Å². The minimum Gasteiger partial charge on any atom is -0.352 e. The maximum atomic E-state index is 12.2. The van der Waals surface area contributed by atoms with Crippen LogP contribution >= 0.6 is 0 Å². The molecule has 0 aliphatic carbocycles. The molecule has 1 saturated heterocycles. The first-order valence-corrected chi connectivity index (χ1v) is 6.73. The molecular formula is C13H22N4O. The van der Waals surface area contributed by atoms with Crippen LogP contribution in [0.2, 0.25) is 0 Å². The summed E-state index contributed by atoms with van der Waals surface area (Å²) in [4.78, 5) is 18.5. The molecule has 0 amide bonds. The third-order valence-electron chi connectivity index (χ3n) is 3.66. The highest BCUT2D eigenvalue weighted by molar-refractivity contribution is 5.36. The van der Waals surface area contributed by atoms with E-state index in [1.807, 2.05) is 14.0 Å². The Bertz CT molecular complexity index is 435. The summed E-state index contributed by atoms with van der Waals surface area (Å²) in [7, 11) is 1.99. The van der Waals surface area contributed by atoms with Gasteiger partial charge in [0.05, 0.1) is 0 Å². The average molecular weight is 250 g/mol. The third-order valence-corrected chi connectivity index (χ3v) is 3.66.